The summed E-state index contributed by atoms with van der Waals surface area (Å²) in [6.07, 6.45) is 0. The van der Waals surface area contributed by atoms with Crippen molar-refractivity contribution in [3.63, 3.8) is 0 Å². The summed E-state index contributed by atoms with van der Waals surface area (Å²) in [5.74, 6) is 0.0458. The Balaban J connectivity index is 2.82. The van der Waals surface area contributed by atoms with E-state index in [1.165, 1.54) is 0 Å². The molecule has 15 heavy (non-hydrogen) atoms. The molecule has 0 bridgehead atoms. The molecule has 0 saturated heterocycles. The van der Waals surface area contributed by atoms with Crippen molar-refractivity contribution in [3.8, 4) is 0 Å². The number of nitrogens with zero attached hydrogens (tertiary/aromatic N) is 1. The first-order valence-electron chi connectivity index (χ1n) is 5.22. The maximum atomic E-state index is 11.9. The predicted octanol–water partition coefficient (Wildman–Crippen LogP) is 0.138. The highest BCUT2D eigenvalue weighted by molar-refractivity contribution is 6.45. The summed E-state index contributed by atoms with van der Waals surface area (Å²) < 4.78 is 0. The molecule has 4 heteroatoms. The summed E-state index contributed by atoms with van der Waals surface area (Å²) in [4.78, 5) is 13.6. The van der Waals surface area contributed by atoms with Crippen molar-refractivity contribution in [2.75, 3.05) is 13.1 Å². The minimum atomic E-state index is 0.0136. The third-order valence-electron chi connectivity index (χ3n) is 2.43. The molecule has 80 valence electrons. The fourth-order valence-electron chi connectivity index (χ4n) is 1.45. The lowest BCUT2D eigenvalue weighted by molar-refractivity contribution is 0.0773. The first kappa shape index (κ1) is 11.8. The van der Waals surface area contributed by atoms with E-state index in [2.05, 4.69) is 0 Å². The summed E-state index contributed by atoms with van der Waals surface area (Å²) >= 11 is 0. The lowest BCUT2D eigenvalue weighted by atomic mass is 9.88. The summed E-state index contributed by atoms with van der Waals surface area (Å²) in [7, 11) is 0.0136. The Morgan fingerprint density at radius 2 is 1.80 bits per heavy atom. The van der Waals surface area contributed by atoms with Crippen LogP contribution in [0.15, 0.2) is 24.3 Å². The second-order valence-corrected chi connectivity index (χ2v) is 3.33. The quantitative estimate of drug-likeness (QED) is 0.710. The van der Waals surface area contributed by atoms with Crippen LogP contribution in [0.1, 0.15) is 24.2 Å². The van der Waals surface area contributed by atoms with Crippen LogP contribution in [0, 0.1) is 0 Å². The first-order valence-corrected chi connectivity index (χ1v) is 5.22. The van der Waals surface area contributed by atoms with Crippen molar-refractivity contribution in [2.24, 2.45) is 0 Å². The number of benzene rings is 1. The van der Waals surface area contributed by atoms with Gasteiger partial charge in [-0.1, -0.05) is 17.6 Å². The summed E-state index contributed by atoms with van der Waals surface area (Å²) in [5, 5.41) is 8.87. The molecule has 0 aliphatic carbocycles. The largest absolute Gasteiger partial charge is 0.449 e. The zero-order chi connectivity index (χ0) is 11.3. The highest BCUT2D eigenvalue weighted by Gasteiger charge is 2.11. The maximum absolute atomic E-state index is 11.9. The molecule has 0 aliphatic heterocycles. The van der Waals surface area contributed by atoms with Crippen molar-refractivity contribution in [3.05, 3.63) is 29.8 Å². The van der Waals surface area contributed by atoms with E-state index in [0.29, 0.717) is 5.56 Å². The van der Waals surface area contributed by atoms with Crippen LogP contribution in [0.4, 0.5) is 0 Å². The van der Waals surface area contributed by atoms with Crippen LogP contribution in [0.25, 0.3) is 0 Å². The average Bonchev–Trinajstić information content (AvgIpc) is 2.30. The third-order valence-corrected chi connectivity index (χ3v) is 2.43. The molecule has 0 aromatic heterocycles. The molecule has 1 N–H and O–H groups in total. The smallest absolute Gasteiger partial charge is 0.304 e. The molecule has 0 spiro atoms. The molecule has 3 nitrogen and oxygen atoms in total. The molecular formula is C11H16BNO2. The molecule has 1 aromatic carbocycles. The van der Waals surface area contributed by atoms with Crippen LogP contribution >= 0.6 is 0 Å². The Kier molecular flexibility index (Phi) is 4.37. The van der Waals surface area contributed by atoms with Gasteiger partial charge < -0.3 is 9.92 Å². The lowest BCUT2D eigenvalue weighted by Gasteiger charge is -2.18. The van der Waals surface area contributed by atoms with Gasteiger partial charge in [-0.2, -0.15) is 0 Å². The van der Waals surface area contributed by atoms with Gasteiger partial charge in [0.05, 0.1) is 0 Å². The van der Waals surface area contributed by atoms with Gasteiger partial charge in [-0.05, 0) is 26.0 Å². The summed E-state index contributed by atoms with van der Waals surface area (Å²) in [6.45, 7) is 5.36. The van der Waals surface area contributed by atoms with E-state index < -0.39 is 0 Å². The van der Waals surface area contributed by atoms with Crippen molar-refractivity contribution in [1.82, 2.24) is 4.90 Å². The van der Waals surface area contributed by atoms with Gasteiger partial charge in [-0.15, -0.1) is 0 Å². The number of amides is 1. The molecule has 0 unspecified atom stereocenters. The maximum Gasteiger partial charge on any atom is 0.304 e. The topological polar surface area (TPSA) is 40.5 Å². The number of rotatable bonds is 4. The average molecular weight is 205 g/mol. The molecule has 1 aromatic rings. The highest BCUT2D eigenvalue weighted by Crippen LogP contribution is 2.02. The van der Waals surface area contributed by atoms with Gasteiger partial charge in [0.2, 0.25) is 0 Å². The van der Waals surface area contributed by atoms with Crippen LogP contribution in [0.5, 0.6) is 0 Å². The molecule has 1 amide bonds. The van der Waals surface area contributed by atoms with E-state index in [9.17, 15) is 4.79 Å². The van der Waals surface area contributed by atoms with Gasteiger partial charge >= 0.3 is 7.48 Å². The number of carbonyl (C=O) groups excluding carboxylic acids is 1. The van der Waals surface area contributed by atoms with Crippen molar-refractivity contribution in [2.45, 2.75) is 13.8 Å². The van der Waals surface area contributed by atoms with E-state index >= 15 is 0 Å². The van der Waals surface area contributed by atoms with Crippen molar-refractivity contribution >= 4 is 18.9 Å². The van der Waals surface area contributed by atoms with E-state index in [1.807, 2.05) is 13.8 Å². The molecule has 0 saturated carbocycles. The standard InChI is InChI=1S/C11H16BNO2/c1-3-13(4-2)11(14)9-5-7-10(12-15)8-6-9/h5-8,12,15H,3-4H2,1-2H3. The van der Waals surface area contributed by atoms with Gasteiger partial charge in [0.1, 0.15) is 0 Å². The Labute approximate surface area is 91.0 Å². The van der Waals surface area contributed by atoms with Crippen LogP contribution in [0.3, 0.4) is 0 Å². The Bertz CT molecular complexity index is 320. The fourth-order valence-corrected chi connectivity index (χ4v) is 1.45. The van der Waals surface area contributed by atoms with Gasteiger partial charge in [0.15, 0.2) is 0 Å². The zero-order valence-electron chi connectivity index (χ0n) is 9.23. The summed E-state index contributed by atoms with van der Waals surface area (Å²) in [6, 6.07) is 7.06. The molecule has 0 radical (unpaired) electrons. The van der Waals surface area contributed by atoms with Gasteiger partial charge in [0, 0.05) is 18.7 Å². The van der Waals surface area contributed by atoms with Crippen LogP contribution in [-0.4, -0.2) is 36.4 Å². The van der Waals surface area contributed by atoms with Gasteiger partial charge in [-0.3, -0.25) is 4.79 Å². The van der Waals surface area contributed by atoms with Crippen LogP contribution in [-0.2, 0) is 0 Å². The monoisotopic (exact) mass is 205 g/mol. The minimum Gasteiger partial charge on any atom is -0.449 e. The lowest BCUT2D eigenvalue weighted by Crippen LogP contribution is -2.30. The van der Waals surface area contributed by atoms with Crippen molar-refractivity contribution < 1.29 is 9.82 Å². The van der Waals surface area contributed by atoms with E-state index in [1.54, 1.807) is 29.2 Å². The number of hydrogen-bond donors (Lipinski definition) is 1. The van der Waals surface area contributed by atoms with Crippen LogP contribution < -0.4 is 5.46 Å². The predicted molar refractivity (Wildman–Crippen MR) is 62.7 cm³/mol. The van der Waals surface area contributed by atoms with Gasteiger partial charge in [-0.25, -0.2) is 0 Å². The van der Waals surface area contributed by atoms with Gasteiger partial charge in [0.25, 0.3) is 5.91 Å². The zero-order valence-corrected chi connectivity index (χ0v) is 9.23. The Morgan fingerprint density at radius 1 is 1.27 bits per heavy atom. The highest BCUT2D eigenvalue weighted by atomic mass is 16.2. The summed E-state index contributed by atoms with van der Waals surface area (Å²) in [5.41, 5.74) is 1.50. The Hall–Kier alpha value is -1.29. The third kappa shape index (κ3) is 2.83. The molecule has 0 aliphatic rings. The minimum absolute atomic E-state index is 0.0136. The Morgan fingerprint density at radius 3 is 2.20 bits per heavy atom. The van der Waals surface area contributed by atoms with Crippen LogP contribution in [0.2, 0.25) is 0 Å². The van der Waals surface area contributed by atoms with Crippen molar-refractivity contribution in [1.29, 1.82) is 0 Å². The normalized spacial score (nSPS) is 9.80. The van der Waals surface area contributed by atoms with E-state index in [0.717, 1.165) is 18.6 Å². The number of carbonyl (C=O) groups is 1. The second kappa shape index (κ2) is 5.56. The molecule has 1 rings (SSSR count). The first-order chi connectivity index (χ1) is 7.22. The van der Waals surface area contributed by atoms with E-state index in [4.69, 9.17) is 5.02 Å². The molecular weight excluding hydrogens is 189 g/mol. The molecule has 0 fully saturated rings. The van der Waals surface area contributed by atoms with E-state index in [-0.39, 0.29) is 13.4 Å². The second-order valence-electron chi connectivity index (χ2n) is 3.33. The SMILES string of the molecule is CCN(CC)C(=O)c1ccc(BO)cc1. The number of hydrogen-bond acceptors (Lipinski definition) is 2. The molecule has 0 atom stereocenters. The fraction of sp³-hybridized carbons (Fsp3) is 0.364. The molecule has 0 heterocycles.